The minimum absolute atomic E-state index is 0.340. The first-order chi connectivity index (χ1) is 5.83. The van der Waals surface area contributed by atoms with E-state index in [4.69, 9.17) is 4.43 Å². The molecule has 1 aliphatic rings. The molecule has 0 aromatic rings. The molecule has 0 spiro atoms. The molecule has 0 saturated carbocycles. The van der Waals surface area contributed by atoms with Crippen molar-refractivity contribution in [3.63, 3.8) is 0 Å². The van der Waals surface area contributed by atoms with E-state index in [1.807, 2.05) is 0 Å². The molecule has 0 heterocycles. The Morgan fingerprint density at radius 1 is 1.38 bits per heavy atom. The first kappa shape index (κ1) is 10.8. The lowest BCUT2D eigenvalue weighted by molar-refractivity contribution is 0.153. The van der Waals surface area contributed by atoms with Gasteiger partial charge in [0.15, 0.2) is 0 Å². The Hall–Kier alpha value is -0.243. The van der Waals surface area contributed by atoms with Crippen molar-refractivity contribution < 1.29 is 4.43 Å². The van der Waals surface area contributed by atoms with E-state index >= 15 is 0 Å². The van der Waals surface area contributed by atoms with Crippen LogP contribution in [0.3, 0.4) is 0 Å². The maximum Gasteiger partial charge on any atom is 0.203 e. The molecule has 1 atom stereocenters. The van der Waals surface area contributed by atoms with Gasteiger partial charge in [0.25, 0.3) is 0 Å². The lowest BCUT2D eigenvalue weighted by atomic mass is 9.64. The minimum Gasteiger partial charge on any atom is -0.556 e. The van der Waals surface area contributed by atoms with Gasteiger partial charge in [-0.1, -0.05) is 27.7 Å². The fourth-order valence-electron chi connectivity index (χ4n) is 2.24. The van der Waals surface area contributed by atoms with Crippen LogP contribution in [0.5, 0.6) is 0 Å². The predicted octanol–water partition coefficient (Wildman–Crippen LogP) is 2.40. The summed E-state index contributed by atoms with van der Waals surface area (Å²) in [6.45, 7) is 11.6. The van der Waals surface area contributed by atoms with Crippen molar-refractivity contribution in [2.45, 2.75) is 47.5 Å². The van der Waals surface area contributed by atoms with Gasteiger partial charge in [0.1, 0.15) is 0 Å². The first-order valence-corrected chi connectivity index (χ1v) is 5.89. The Bertz CT molecular complexity index is 237. The Balaban J connectivity index is 3.03. The Labute approximate surface area is 85.1 Å². The average Bonchev–Trinajstić information content (AvgIpc) is 2.29. The third-order valence-corrected chi connectivity index (χ3v) is 4.49. The van der Waals surface area contributed by atoms with Crippen LogP contribution in [-0.4, -0.2) is 10.5 Å². The van der Waals surface area contributed by atoms with Gasteiger partial charge in [-0.3, -0.25) is 0 Å². The molecule has 1 nitrogen and oxygen atoms in total. The second-order valence-electron chi connectivity index (χ2n) is 5.33. The Morgan fingerprint density at radius 2 is 1.92 bits per heavy atom. The normalized spacial score (nSPS) is 29.9. The lowest BCUT2D eigenvalue weighted by Crippen LogP contribution is -2.31. The van der Waals surface area contributed by atoms with Gasteiger partial charge in [-0.05, 0) is 29.7 Å². The molecule has 0 N–H and O–H groups in total. The van der Waals surface area contributed by atoms with E-state index in [1.54, 1.807) is 0 Å². The number of allylic oxidation sites excluding steroid dienone is 2. The van der Waals surface area contributed by atoms with Gasteiger partial charge in [-0.15, -0.1) is 0 Å². The summed E-state index contributed by atoms with van der Waals surface area (Å²) in [5, 5.41) is 0. The maximum absolute atomic E-state index is 5.53. The summed E-state index contributed by atoms with van der Waals surface area (Å²) in [5.74, 6) is 1.27. The van der Waals surface area contributed by atoms with Gasteiger partial charge in [-0.25, -0.2) is 0 Å². The maximum atomic E-state index is 5.53. The molecule has 0 aromatic carbocycles. The van der Waals surface area contributed by atoms with Crippen LogP contribution >= 0.6 is 0 Å². The van der Waals surface area contributed by atoms with Gasteiger partial charge in [0.2, 0.25) is 10.5 Å². The van der Waals surface area contributed by atoms with Gasteiger partial charge in [-0.2, -0.15) is 0 Å². The molecule has 1 aliphatic carbocycles. The fourth-order valence-corrected chi connectivity index (χ4v) is 2.75. The largest absolute Gasteiger partial charge is 0.556 e. The van der Waals surface area contributed by atoms with Crippen molar-refractivity contribution in [3.8, 4) is 0 Å². The monoisotopic (exact) mass is 198 g/mol. The van der Waals surface area contributed by atoms with E-state index in [0.717, 1.165) is 16.9 Å². The first-order valence-electron chi connectivity index (χ1n) is 5.07. The molecule has 13 heavy (non-hydrogen) atoms. The minimum atomic E-state index is 0.340. The average molecular weight is 198 g/mol. The zero-order valence-corrected chi connectivity index (χ0v) is 11.8. The van der Waals surface area contributed by atoms with E-state index in [1.165, 1.54) is 17.8 Å². The Kier molecular flexibility index (Phi) is 2.63. The molecule has 0 aliphatic heterocycles. The molecule has 0 aromatic heterocycles. The molecule has 76 valence electrons. The highest BCUT2D eigenvalue weighted by atomic mass is 28.2. The third-order valence-electron chi connectivity index (χ3n) is 4.00. The number of hydrogen-bond donors (Lipinski definition) is 0. The smallest absolute Gasteiger partial charge is 0.203 e. The highest BCUT2D eigenvalue weighted by molar-refractivity contribution is 5.98. The van der Waals surface area contributed by atoms with Crippen molar-refractivity contribution in [3.05, 3.63) is 11.3 Å². The van der Waals surface area contributed by atoms with Crippen LogP contribution in [-0.2, 0) is 4.43 Å². The molecule has 2 heteroatoms. The summed E-state index contributed by atoms with van der Waals surface area (Å²) in [5.41, 5.74) is 2.17. The lowest BCUT2D eigenvalue weighted by Gasteiger charge is -2.40. The van der Waals surface area contributed by atoms with E-state index in [2.05, 4.69) is 34.6 Å². The molecule has 0 bridgehead atoms. The molecule has 0 fully saturated rings. The summed E-state index contributed by atoms with van der Waals surface area (Å²) in [6, 6.07) is 0. The van der Waals surface area contributed by atoms with Crippen molar-refractivity contribution in [2.75, 3.05) is 0 Å². The molecule has 1 unspecified atom stereocenters. The van der Waals surface area contributed by atoms with Gasteiger partial charge < -0.3 is 4.43 Å². The molecular formula is C11H22OSi. The van der Waals surface area contributed by atoms with Crippen molar-refractivity contribution >= 4 is 10.5 Å². The molecular weight excluding hydrogens is 176 g/mol. The van der Waals surface area contributed by atoms with Crippen LogP contribution in [0.2, 0.25) is 0 Å². The number of rotatable bonds is 1. The third kappa shape index (κ3) is 1.56. The van der Waals surface area contributed by atoms with Crippen LogP contribution in [0.25, 0.3) is 0 Å². The van der Waals surface area contributed by atoms with Crippen molar-refractivity contribution in [1.82, 2.24) is 0 Å². The van der Waals surface area contributed by atoms with Gasteiger partial charge in [0.05, 0.1) is 5.76 Å². The molecule has 0 radical (unpaired) electrons. The SMILES string of the molecule is CC1=C(O[SiH3])CCC1(C)C(C)(C)C. The van der Waals surface area contributed by atoms with Gasteiger partial charge >= 0.3 is 0 Å². The van der Waals surface area contributed by atoms with Crippen molar-refractivity contribution in [1.29, 1.82) is 0 Å². The van der Waals surface area contributed by atoms with Crippen LogP contribution in [0.1, 0.15) is 47.5 Å². The highest BCUT2D eigenvalue weighted by Crippen LogP contribution is 2.53. The van der Waals surface area contributed by atoms with Crippen LogP contribution in [0.15, 0.2) is 11.3 Å². The second-order valence-corrected chi connectivity index (χ2v) is 5.74. The second kappa shape index (κ2) is 3.16. The van der Waals surface area contributed by atoms with Crippen molar-refractivity contribution in [2.24, 2.45) is 10.8 Å². The summed E-state index contributed by atoms with van der Waals surface area (Å²) >= 11 is 0. The van der Waals surface area contributed by atoms with Gasteiger partial charge in [0, 0.05) is 6.42 Å². The van der Waals surface area contributed by atoms with E-state index in [0.29, 0.717) is 10.8 Å². The zero-order chi connectivity index (χ0) is 10.3. The summed E-state index contributed by atoms with van der Waals surface area (Å²) in [6.07, 6.45) is 2.39. The zero-order valence-electron chi connectivity index (χ0n) is 9.82. The van der Waals surface area contributed by atoms with Crippen LogP contribution in [0.4, 0.5) is 0 Å². The van der Waals surface area contributed by atoms with Crippen LogP contribution < -0.4 is 0 Å². The standard InChI is InChI=1S/C11H22OSi/c1-8-9(12-13)6-7-11(8,5)10(2,3)4/h6-7H2,1-5,13H3. The summed E-state index contributed by atoms with van der Waals surface area (Å²) in [4.78, 5) is 0. The molecule has 1 rings (SSSR count). The van der Waals surface area contributed by atoms with E-state index < -0.39 is 0 Å². The van der Waals surface area contributed by atoms with Crippen LogP contribution in [0, 0.1) is 10.8 Å². The highest BCUT2D eigenvalue weighted by Gasteiger charge is 2.43. The van der Waals surface area contributed by atoms with E-state index in [9.17, 15) is 0 Å². The number of hydrogen-bond acceptors (Lipinski definition) is 1. The molecule has 0 amide bonds. The Morgan fingerprint density at radius 3 is 2.15 bits per heavy atom. The van der Waals surface area contributed by atoms with E-state index in [-0.39, 0.29) is 0 Å². The quantitative estimate of drug-likeness (QED) is 0.588. The molecule has 0 saturated heterocycles. The predicted molar refractivity (Wildman–Crippen MR) is 60.5 cm³/mol. The topological polar surface area (TPSA) is 9.23 Å². The summed E-state index contributed by atoms with van der Waals surface area (Å²) < 4.78 is 5.53. The summed E-state index contributed by atoms with van der Waals surface area (Å²) in [7, 11) is 0.828. The fraction of sp³-hybridized carbons (Fsp3) is 0.818.